The zero-order chi connectivity index (χ0) is 13.1. The van der Waals surface area contributed by atoms with E-state index in [4.69, 9.17) is 0 Å². The maximum atomic E-state index is 13.7. The fourth-order valence-electron chi connectivity index (χ4n) is 1.83. The van der Waals surface area contributed by atoms with Crippen LogP contribution in [0.5, 0.6) is 0 Å². The molecule has 2 rings (SSSR count). The summed E-state index contributed by atoms with van der Waals surface area (Å²) in [6.45, 7) is 0.503. The molecule has 18 heavy (non-hydrogen) atoms. The second-order valence-electron chi connectivity index (χ2n) is 3.94. The highest BCUT2D eigenvalue weighted by Gasteiger charge is 2.15. The first-order chi connectivity index (χ1) is 8.63. The highest BCUT2D eigenvalue weighted by molar-refractivity contribution is 5.66. The molecular weight excluding hydrogens is 239 g/mol. The molecule has 0 aliphatic heterocycles. The number of benzene rings is 2. The minimum Gasteiger partial charge on any atom is -0.316 e. The molecule has 0 saturated heterocycles. The Morgan fingerprint density at radius 2 is 1.61 bits per heavy atom. The van der Waals surface area contributed by atoms with Gasteiger partial charge in [0, 0.05) is 12.1 Å². The molecular formula is C14H12F3N. The van der Waals surface area contributed by atoms with E-state index in [0.29, 0.717) is 6.54 Å². The number of nitrogens with one attached hydrogen (secondary N) is 1. The zero-order valence-corrected chi connectivity index (χ0v) is 9.81. The van der Waals surface area contributed by atoms with Gasteiger partial charge in [-0.15, -0.1) is 0 Å². The van der Waals surface area contributed by atoms with Gasteiger partial charge in [0.15, 0.2) is 0 Å². The molecule has 0 fully saturated rings. The Morgan fingerprint density at radius 1 is 0.944 bits per heavy atom. The number of hydrogen-bond donors (Lipinski definition) is 1. The van der Waals surface area contributed by atoms with Crippen LogP contribution in [0.2, 0.25) is 0 Å². The Hall–Kier alpha value is -1.81. The number of rotatable bonds is 3. The number of hydrogen-bond acceptors (Lipinski definition) is 1. The Kier molecular flexibility index (Phi) is 3.67. The van der Waals surface area contributed by atoms with Crippen molar-refractivity contribution in [1.29, 1.82) is 0 Å². The summed E-state index contributed by atoms with van der Waals surface area (Å²) >= 11 is 0. The Labute approximate surface area is 103 Å². The third-order valence-electron chi connectivity index (χ3n) is 2.64. The summed E-state index contributed by atoms with van der Waals surface area (Å²) in [7, 11) is 1.74. The van der Waals surface area contributed by atoms with Gasteiger partial charge in [-0.1, -0.05) is 12.1 Å². The molecule has 0 atom stereocenters. The molecule has 1 nitrogen and oxygen atoms in total. The van der Waals surface area contributed by atoms with Gasteiger partial charge in [0.25, 0.3) is 0 Å². The van der Waals surface area contributed by atoms with E-state index in [-0.39, 0.29) is 11.1 Å². The molecule has 2 aromatic carbocycles. The van der Waals surface area contributed by atoms with Crippen LogP contribution in [0.15, 0.2) is 36.4 Å². The molecule has 4 heteroatoms. The fraction of sp³-hybridized carbons (Fsp3) is 0.143. The highest BCUT2D eigenvalue weighted by atomic mass is 19.1. The van der Waals surface area contributed by atoms with Crippen molar-refractivity contribution in [2.45, 2.75) is 6.54 Å². The van der Waals surface area contributed by atoms with Gasteiger partial charge in [-0.2, -0.15) is 0 Å². The van der Waals surface area contributed by atoms with Crippen molar-refractivity contribution in [2.75, 3.05) is 7.05 Å². The van der Waals surface area contributed by atoms with E-state index >= 15 is 0 Å². The summed E-state index contributed by atoms with van der Waals surface area (Å²) < 4.78 is 40.9. The van der Waals surface area contributed by atoms with Gasteiger partial charge >= 0.3 is 0 Å². The van der Waals surface area contributed by atoms with Crippen molar-refractivity contribution in [1.82, 2.24) is 5.32 Å². The summed E-state index contributed by atoms with van der Waals surface area (Å²) in [5.41, 5.74) is 0.378. The first kappa shape index (κ1) is 12.6. The van der Waals surface area contributed by atoms with Crippen LogP contribution in [0, 0.1) is 17.5 Å². The summed E-state index contributed by atoms with van der Waals surface area (Å²) in [5.74, 6) is -2.18. The number of halogens is 3. The van der Waals surface area contributed by atoms with E-state index < -0.39 is 17.5 Å². The van der Waals surface area contributed by atoms with E-state index in [0.717, 1.165) is 17.7 Å². The average molecular weight is 251 g/mol. The standard InChI is InChI=1S/C14H12F3N/c1-18-8-9-5-6-11(15)10(7-9)14-12(16)3-2-4-13(14)17/h2-7,18H,8H2,1H3. The van der Waals surface area contributed by atoms with Gasteiger partial charge in [-0.05, 0) is 36.9 Å². The maximum Gasteiger partial charge on any atom is 0.134 e. The first-order valence-electron chi connectivity index (χ1n) is 5.51. The minimum absolute atomic E-state index is 0.0571. The van der Waals surface area contributed by atoms with E-state index in [9.17, 15) is 13.2 Å². The van der Waals surface area contributed by atoms with E-state index in [1.165, 1.54) is 18.2 Å². The normalized spacial score (nSPS) is 10.7. The van der Waals surface area contributed by atoms with Gasteiger partial charge in [0.2, 0.25) is 0 Å². The van der Waals surface area contributed by atoms with Gasteiger partial charge in [0.1, 0.15) is 17.5 Å². The fourth-order valence-corrected chi connectivity index (χ4v) is 1.83. The third-order valence-corrected chi connectivity index (χ3v) is 2.64. The summed E-state index contributed by atoms with van der Waals surface area (Å²) in [5, 5.41) is 2.90. The van der Waals surface area contributed by atoms with Crippen LogP contribution in [0.4, 0.5) is 13.2 Å². The van der Waals surface area contributed by atoms with Crippen LogP contribution in [-0.2, 0) is 6.54 Å². The monoisotopic (exact) mass is 251 g/mol. The van der Waals surface area contributed by atoms with E-state index in [1.54, 1.807) is 13.1 Å². The highest BCUT2D eigenvalue weighted by Crippen LogP contribution is 2.29. The van der Waals surface area contributed by atoms with E-state index in [2.05, 4.69) is 5.32 Å². The molecule has 0 radical (unpaired) electrons. The largest absolute Gasteiger partial charge is 0.316 e. The van der Waals surface area contributed by atoms with Crippen molar-refractivity contribution in [3.63, 3.8) is 0 Å². The Morgan fingerprint density at radius 3 is 2.22 bits per heavy atom. The van der Waals surface area contributed by atoms with Crippen molar-refractivity contribution in [2.24, 2.45) is 0 Å². The van der Waals surface area contributed by atoms with Gasteiger partial charge < -0.3 is 5.32 Å². The van der Waals surface area contributed by atoms with Crippen LogP contribution in [0.3, 0.4) is 0 Å². The molecule has 1 N–H and O–H groups in total. The first-order valence-corrected chi connectivity index (χ1v) is 5.51. The molecule has 0 aliphatic carbocycles. The molecule has 0 amide bonds. The summed E-state index contributed by atoms with van der Waals surface area (Å²) in [6.07, 6.45) is 0. The van der Waals surface area contributed by atoms with Crippen molar-refractivity contribution in [3.8, 4) is 11.1 Å². The Balaban J connectivity index is 2.59. The average Bonchev–Trinajstić information content (AvgIpc) is 2.33. The van der Waals surface area contributed by atoms with Crippen LogP contribution < -0.4 is 5.32 Å². The van der Waals surface area contributed by atoms with E-state index in [1.807, 2.05) is 0 Å². The van der Waals surface area contributed by atoms with Crippen molar-refractivity contribution < 1.29 is 13.2 Å². The second kappa shape index (κ2) is 5.23. The molecule has 0 unspecified atom stereocenters. The lowest BCUT2D eigenvalue weighted by Gasteiger charge is -2.09. The predicted molar refractivity (Wildman–Crippen MR) is 64.5 cm³/mol. The smallest absolute Gasteiger partial charge is 0.134 e. The minimum atomic E-state index is -0.768. The third kappa shape index (κ3) is 2.38. The molecule has 0 aromatic heterocycles. The predicted octanol–water partition coefficient (Wildman–Crippen LogP) is 3.49. The van der Waals surface area contributed by atoms with Crippen LogP contribution >= 0.6 is 0 Å². The van der Waals surface area contributed by atoms with Crippen LogP contribution in [-0.4, -0.2) is 7.05 Å². The van der Waals surface area contributed by atoms with Crippen molar-refractivity contribution in [3.05, 3.63) is 59.4 Å². The summed E-state index contributed by atoms with van der Waals surface area (Å²) in [6, 6.07) is 7.73. The quantitative estimate of drug-likeness (QED) is 0.880. The molecule has 0 saturated carbocycles. The molecule has 0 spiro atoms. The molecule has 0 heterocycles. The molecule has 94 valence electrons. The van der Waals surface area contributed by atoms with Gasteiger partial charge in [0.05, 0.1) is 5.56 Å². The zero-order valence-electron chi connectivity index (χ0n) is 9.81. The van der Waals surface area contributed by atoms with Crippen LogP contribution in [0.25, 0.3) is 11.1 Å². The molecule has 2 aromatic rings. The molecule has 0 aliphatic rings. The van der Waals surface area contributed by atoms with Crippen LogP contribution in [0.1, 0.15) is 5.56 Å². The lowest BCUT2D eigenvalue weighted by molar-refractivity contribution is 0.581. The summed E-state index contributed by atoms with van der Waals surface area (Å²) in [4.78, 5) is 0. The van der Waals surface area contributed by atoms with Gasteiger partial charge in [-0.3, -0.25) is 0 Å². The molecule has 0 bridgehead atoms. The SMILES string of the molecule is CNCc1ccc(F)c(-c2c(F)cccc2F)c1. The van der Waals surface area contributed by atoms with Crippen molar-refractivity contribution >= 4 is 0 Å². The Bertz CT molecular complexity index is 547. The van der Waals surface area contributed by atoms with Gasteiger partial charge in [-0.25, -0.2) is 13.2 Å². The lowest BCUT2D eigenvalue weighted by atomic mass is 10.0. The lowest BCUT2D eigenvalue weighted by Crippen LogP contribution is -2.05. The second-order valence-corrected chi connectivity index (χ2v) is 3.94. The topological polar surface area (TPSA) is 12.0 Å². The maximum absolute atomic E-state index is 13.7.